The van der Waals surface area contributed by atoms with Gasteiger partial charge < -0.3 is 4.98 Å². The van der Waals surface area contributed by atoms with Crippen LogP contribution in [0.4, 0.5) is 0 Å². The third-order valence-corrected chi connectivity index (χ3v) is 5.61. The Labute approximate surface area is 178 Å². The number of nitrogens with one attached hydrogen (secondary N) is 1. The van der Waals surface area contributed by atoms with Gasteiger partial charge in [0.2, 0.25) is 0 Å². The third kappa shape index (κ3) is 3.09. The molecule has 0 spiro atoms. The summed E-state index contributed by atoms with van der Waals surface area (Å²) in [6, 6.07) is 24.6. The number of aromatic amines is 1. The van der Waals surface area contributed by atoms with Crippen LogP contribution in [-0.4, -0.2) is 26.8 Å². The summed E-state index contributed by atoms with van der Waals surface area (Å²) in [5.41, 5.74) is 5.29. The van der Waals surface area contributed by atoms with Crippen LogP contribution < -0.4 is 0 Å². The second-order valence-corrected chi connectivity index (χ2v) is 7.67. The molecule has 3 aromatic carbocycles. The smallest absolute Gasteiger partial charge is 0.182 e. The van der Waals surface area contributed by atoms with Crippen LogP contribution in [-0.2, 0) is 0 Å². The molecule has 0 amide bonds. The summed E-state index contributed by atoms with van der Waals surface area (Å²) < 4.78 is 0. The molecule has 5 nitrogen and oxygen atoms in total. The number of fused-ring (bicyclic) bond motifs is 1. The molecule has 0 unspecified atom stereocenters. The highest BCUT2D eigenvalue weighted by Gasteiger charge is 2.35. The zero-order chi connectivity index (χ0) is 20.7. The van der Waals surface area contributed by atoms with Gasteiger partial charge in [-0.05, 0) is 37.3 Å². The van der Waals surface area contributed by atoms with Gasteiger partial charge in [-0.1, -0.05) is 60.1 Å². The van der Waals surface area contributed by atoms with E-state index in [1.165, 1.54) is 5.06 Å². The van der Waals surface area contributed by atoms with E-state index in [-0.39, 0.29) is 0 Å². The van der Waals surface area contributed by atoms with Crippen molar-refractivity contribution in [1.82, 2.24) is 10.0 Å². The number of amidine groups is 1. The lowest BCUT2D eigenvalue weighted by Crippen LogP contribution is -2.40. The molecule has 2 heterocycles. The van der Waals surface area contributed by atoms with Crippen LogP contribution in [0.2, 0.25) is 5.02 Å². The highest BCUT2D eigenvalue weighted by molar-refractivity contribution is 6.30. The van der Waals surface area contributed by atoms with Gasteiger partial charge in [-0.2, -0.15) is 5.10 Å². The molecule has 0 aliphatic carbocycles. The Kier molecular flexibility index (Phi) is 4.62. The van der Waals surface area contributed by atoms with E-state index in [0.717, 1.165) is 33.3 Å². The topological polar surface area (TPSA) is 64.0 Å². The molecule has 0 saturated heterocycles. The lowest BCUT2D eigenvalue weighted by atomic mass is 9.93. The molecule has 1 atom stereocenters. The largest absolute Gasteiger partial charge is 0.358 e. The SMILES string of the molecule is Cc1[nH]c2ccccc2c1[C@@H]1C(c2ccccc2)=NN=C(c2ccc(Cl)cc2)N1O. The molecule has 0 saturated carbocycles. The van der Waals surface area contributed by atoms with E-state index in [1.807, 2.05) is 67.6 Å². The average Bonchev–Trinajstić information content (AvgIpc) is 3.10. The van der Waals surface area contributed by atoms with Crippen LogP contribution in [0, 0.1) is 6.92 Å². The van der Waals surface area contributed by atoms with Gasteiger partial charge in [0.05, 0.1) is 0 Å². The fraction of sp³-hybridized carbons (Fsp3) is 0.0833. The molecule has 30 heavy (non-hydrogen) atoms. The number of para-hydroxylation sites is 1. The van der Waals surface area contributed by atoms with Crippen molar-refractivity contribution in [2.75, 3.05) is 0 Å². The predicted octanol–water partition coefficient (Wildman–Crippen LogP) is 5.73. The zero-order valence-electron chi connectivity index (χ0n) is 16.2. The molecule has 1 aromatic heterocycles. The van der Waals surface area contributed by atoms with Crippen molar-refractivity contribution in [2.45, 2.75) is 13.0 Å². The number of hydrogen-bond donors (Lipinski definition) is 2. The summed E-state index contributed by atoms with van der Waals surface area (Å²) in [4.78, 5) is 3.43. The van der Waals surface area contributed by atoms with E-state index in [2.05, 4.69) is 21.3 Å². The number of halogens is 1. The molecule has 4 aromatic rings. The number of hydrogen-bond acceptors (Lipinski definition) is 4. The first-order valence-electron chi connectivity index (χ1n) is 9.65. The van der Waals surface area contributed by atoms with Crippen molar-refractivity contribution in [3.8, 4) is 0 Å². The summed E-state index contributed by atoms with van der Waals surface area (Å²) in [6.45, 7) is 2.01. The van der Waals surface area contributed by atoms with E-state index < -0.39 is 6.04 Å². The van der Waals surface area contributed by atoms with Crippen LogP contribution in [0.5, 0.6) is 0 Å². The van der Waals surface area contributed by atoms with Gasteiger partial charge in [0, 0.05) is 38.3 Å². The van der Waals surface area contributed by atoms with Gasteiger partial charge in [-0.15, -0.1) is 5.10 Å². The molecule has 2 N–H and O–H groups in total. The Hall–Kier alpha value is -3.41. The first-order chi connectivity index (χ1) is 14.6. The first-order valence-corrected chi connectivity index (χ1v) is 10.0. The maximum Gasteiger partial charge on any atom is 0.182 e. The summed E-state index contributed by atoms with van der Waals surface area (Å²) >= 11 is 6.04. The van der Waals surface area contributed by atoms with Gasteiger partial charge in [-0.25, -0.2) is 5.06 Å². The molecule has 1 aliphatic rings. The number of H-pyrrole nitrogens is 1. The van der Waals surface area contributed by atoms with Crippen molar-refractivity contribution in [1.29, 1.82) is 0 Å². The quantitative estimate of drug-likeness (QED) is 0.449. The number of aryl methyl sites for hydroxylation is 1. The molecule has 5 rings (SSSR count). The summed E-state index contributed by atoms with van der Waals surface area (Å²) in [6.07, 6.45) is 0. The fourth-order valence-electron chi connectivity index (χ4n) is 3.96. The van der Waals surface area contributed by atoms with Crippen molar-refractivity contribution in [3.05, 3.63) is 106 Å². The average molecular weight is 415 g/mol. The van der Waals surface area contributed by atoms with Crippen molar-refractivity contribution >= 4 is 34.1 Å². The molecular formula is C24H19ClN4O. The number of aromatic nitrogens is 1. The Morgan fingerprint density at radius 3 is 2.33 bits per heavy atom. The minimum atomic E-state index is -0.522. The van der Waals surface area contributed by atoms with Gasteiger partial charge >= 0.3 is 0 Å². The second kappa shape index (κ2) is 7.44. The molecule has 0 bridgehead atoms. The minimum Gasteiger partial charge on any atom is -0.358 e. The molecule has 0 radical (unpaired) electrons. The molecule has 0 fully saturated rings. The maximum atomic E-state index is 11.4. The minimum absolute atomic E-state index is 0.376. The van der Waals surface area contributed by atoms with Crippen LogP contribution in [0.25, 0.3) is 10.9 Å². The summed E-state index contributed by atoms with van der Waals surface area (Å²) in [7, 11) is 0. The van der Waals surface area contributed by atoms with Crippen molar-refractivity contribution in [3.63, 3.8) is 0 Å². The summed E-state index contributed by atoms with van der Waals surface area (Å²) in [5, 5.41) is 23.2. The number of hydroxylamine groups is 2. The van der Waals surface area contributed by atoms with Crippen LogP contribution in [0.15, 0.2) is 89.1 Å². The lowest BCUT2D eigenvalue weighted by molar-refractivity contribution is -0.0344. The van der Waals surface area contributed by atoms with Crippen LogP contribution in [0.1, 0.15) is 28.4 Å². The van der Waals surface area contributed by atoms with Gasteiger partial charge in [-0.3, -0.25) is 5.21 Å². The van der Waals surface area contributed by atoms with Gasteiger partial charge in [0.25, 0.3) is 0 Å². The van der Waals surface area contributed by atoms with Crippen molar-refractivity contribution < 1.29 is 5.21 Å². The third-order valence-electron chi connectivity index (χ3n) is 5.36. The zero-order valence-corrected chi connectivity index (χ0v) is 17.0. The standard InChI is InChI=1S/C24H19ClN4O/c1-15-21(19-9-5-6-10-20(19)26-15)23-22(16-7-3-2-4-8-16)27-28-24(29(23)30)17-11-13-18(25)14-12-17/h2-14,23,26,30H,1H3/t23-/m1/s1. The highest BCUT2D eigenvalue weighted by Crippen LogP contribution is 2.36. The monoisotopic (exact) mass is 414 g/mol. The first kappa shape index (κ1) is 18.6. The second-order valence-electron chi connectivity index (χ2n) is 7.24. The number of nitrogens with zero attached hydrogens (tertiary/aromatic N) is 3. The Morgan fingerprint density at radius 1 is 0.867 bits per heavy atom. The van der Waals surface area contributed by atoms with Gasteiger partial charge in [0.1, 0.15) is 11.8 Å². The molecule has 6 heteroatoms. The number of rotatable bonds is 3. The normalized spacial score (nSPS) is 16.5. The molecule has 148 valence electrons. The summed E-state index contributed by atoms with van der Waals surface area (Å²) in [5.74, 6) is 0.376. The van der Waals surface area contributed by atoms with Crippen molar-refractivity contribution in [2.24, 2.45) is 10.2 Å². The van der Waals surface area contributed by atoms with Crippen LogP contribution >= 0.6 is 11.6 Å². The van der Waals surface area contributed by atoms with E-state index in [9.17, 15) is 5.21 Å². The van der Waals surface area contributed by atoms with E-state index in [1.54, 1.807) is 12.1 Å². The highest BCUT2D eigenvalue weighted by atomic mass is 35.5. The van der Waals surface area contributed by atoms with E-state index in [0.29, 0.717) is 16.6 Å². The van der Waals surface area contributed by atoms with Gasteiger partial charge in [0.15, 0.2) is 5.84 Å². The lowest BCUT2D eigenvalue weighted by Gasteiger charge is -2.32. The number of benzene rings is 3. The Bertz CT molecular complexity index is 1280. The Balaban J connectivity index is 1.72. The Morgan fingerprint density at radius 2 is 1.57 bits per heavy atom. The molecular weight excluding hydrogens is 396 g/mol. The van der Waals surface area contributed by atoms with Crippen LogP contribution in [0.3, 0.4) is 0 Å². The van der Waals surface area contributed by atoms with E-state index in [4.69, 9.17) is 11.6 Å². The predicted molar refractivity (Wildman–Crippen MR) is 120 cm³/mol. The van der Waals surface area contributed by atoms with E-state index >= 15 is 0 Å². The molecule has 1 aliphatic heterocycles. The fourth-order valence-corrected chi connectivity index (χ4v) is 4.09. The maximum absolute atomic E-state index is 11.4.